The molecule has 2 aromatic rings. The molecule has 0 aliphatic rings. The quantitative estimate of drug-likeness (QED) is 0.303. The Kier molecular flexibility index (Phi) is 8.41. The van der Waals surface area contributed by atoms with Gasteiger partial charge in [-0.1, -0.05) is 89.7 Å². The molecule has 3 nitrogen and oxygen atoms in total. The third kappa shape index (κ3) is 6.90. The molecule has 1 N–H and O–H groups in total. The Labute approximate surface area is 193 Å². The summed E-state index contributed by atoms with van der Waals surface area (Å²) in [5.41, 5.74) is 4.11. The number of hydrogen-bond donors (Lipinski definition) is 1. The number of aromatic hydroxyl groups is 1. The Bertz CT molecular complexity index is 870. The number of aliphatic imine (C=N–C) groups is 1. The van der Waals surface area contributed by atoms with Crippen LogP contribution in [0.5, 0.6) is 5.75 Å². The fourth-order valence-corrected chi connectivity index (χ4v) is 4.17. The molecule has 0 amide bonds. The minimum absolute atomic E-state index is 0.149. The van der Waals surface area contributed by atoms with Gasteiger partial charge in [-0.3, -0.25) is 4.99 Å². The van der Waals surface area contributed by atoms with Gasteiger partial charge >= 0.3 is 0 Å². The Morgan fingerprint density at radius 2 is 1.48 bits per heavy atom. The highest BCUT2D eigenvalue weighted by Gasteiger charge is 2.27. The first-order valence-electron chi connectivity index (χ1n) is 10.8. The lowest BCUT2D eigenvalue weighted by atomic mass is 9.78. The van der Waals surface area contributed by atoms with Crippen LogP contribution in [-0.4, -0.2) is 28.0 Å². The summed E-state index contributed by atoms with van der Waals surface area (Å²) in [6, 6.07) is 14.8. The minimum atomic E-state index is -0.149. The maximum Gasteiger partial charge on any atom is 0.159 e. The van der Waals surface area contributed by atoms with E-state index in [0.717, 1.165) is 29.4 Å². The molecule has 168 valence electrons. The van der Waals surface area contributed by atoms with Gasteiger partial charge < -0.3 is 10.0 Å². The second-order valence-electron chi connectivity index (χ2n) is 10.00. The summed E-state index contributed by atoms with van der Waals surface area (Å²) in [5, 5.41) is 12.1. The summed E-state index contributed by atoms with van der Waals surface area (Å²) in [7, 11) is 0. The number of phenolic OH excluding ortho intramolecular Hbond substituents is 1. The van der Waals surface area contributed by atoms with Crippen molar-refractivity contribution in [1.29, 1.82) is 0 Å². The predicted octanol–water partition coefficient (Wildman–Crippen LogP) is 6.89. The number of thioether (sulfide) groups is 1. The van der Waals surface area contributed by atoms with Gasteiger partial charge in [-0.15, -0.1) is 6.58 Å². The molecule has 0 aliphatic carbocycles. The van der Waals surface area contributed by atoms with Gasteiger partial charge in [-0.05, 0) is 51.5 Å². The molecular formula is C27H38N2OS. The van der Waals surface area contributed by atoms with Crippen LogP contribution in [0.1, 0.15) is 63.8 Å². The van der Waals surface area contributed by atoms with Crippen LogP contribution in [0.2, 0.25) is 0 Å². The molecule has 0 saturated carbocycles. The standard InChI is InChI=1S/C27H38N2OS/c1-9-15-28-25(31-8)29(18-20-13-11-10-12-14-20)19-21-16-22(26(2,3)4)24(30)23(17-21)27(5,6)7/h9-14,16-17,30H,1,15,18-19H2,2-8H3. The second-order valence-corrected chi connectivity index (χ2v) is 10.8. The smallest absolute Gasteiger partial charge is 0.159 e. The monoisotopic (exact) mass is 438 g/mol. The zero-order valence-corrected chi connectivity index (χ0v) is 21.0. The van der Waals surface area contributed by atoms with Gasteiger partial charge in [0.15, 0.2) is 5.17 Å². The summed E-state index contributed by atoms with van der Waals surface area (Å²) in [5.74, 6) is 0.420. The summed E-state index contributed by atoms with van der Waals surface area (Å²) in [4.78, 5) is 7.07. The van der Waals surface area contributed by atoms with Crippen molar-refractivity contribution in [3.8, 4) is 5.75 Å². The third-order valence-corrected chi connectivity index (χ3v) is 5.94. The molecular weight excluding hydrogens is 400 g/mol. The van der Waals surface area contributed by atoms with E-state index in [1.165, 1.54) is 11.1 Å². The van der Waals surface area contributed by atoms with E-state index in [1.54, 1.807) is 11.8 Å². The van der Waals surface area contributed by atoms with Crippen LogP contribution < -0.4 is 0 Å². The first-order valence-corrected chi connectivity index (χ1v) is 12.0. The topological polar surface area (TPSA) is 35.8 Å². The average Bonchev–Trinajstić information content (AvgIpc) is 2.68. The molecule has 31 heavy (non-hydrogen) atoms. The van der Waals surface area contributed by atoms with E-state index < -0.39 is 0 Å². The first-order chi connectivity index (χ1) is 14.5. The number of nitrogens with zero attached hydrogens (tertiary/aromatic N) is 2. The van der Waals surface area contributed by atoms with E-state index in [0.29, 0.717) is 12.3 Å². The SMILES string of the molecule is C=CCN=C(SC)N(Cc1ccccc1)Cc1cc(C(C)(C)C)c(O)c(C(C)(C)C)c1. The molecule has 4 heteroatoms. The lowest BCUT2D eigenvalue weighted by molar-refractivity contribution is 0.404. The number of hydrogen-bond acceptors (Lipinski definition) is 3. The van der Waals surface area contributed by atoms with Gasteiger partial charge in [0, 0.05) is 13.1 Å². The molecule has 0 atom stereocenters. The highest BCUT2D eigenvalue weighted by molar-refractivity contribution is 8.13. The lowest BCUT2D eigenvalue weighted by Gasteiger charge is -2.30. The lowest BCUT2D eigenvalue weighted by Crippen LogP contribution is -2.29. The van der Waals surface area contributed by atoms with Gasteiger partial charge in [-0.2, -0.15) is 0 Å². The predicted molar refractivity (Wildman–Crippen MR) is 137 cm³/mol. The third-order valence-electron chi connectivity index (χ3n) is 5.18. The molecule has 0 heterocycles. The van der Waals surface area contributed by atoms with Crippen molar-refractivity contribution in [2.24, 2.45) is 4.99 Å². The van der Waals surface area contributed by atoms with E-state index >= 15 is 0 Å². The number of amidine groups is 1. The van der Waals surface area contributed by atoms with Gasteiger partial charge in [-0.25, -0.2) is 0 Å². The van der Waals surface area contributed by atoms with Crippen LogP contribution in [0.3, 0.4) is 0 Å². The average molecular weight is 439 g/mol. The molecule has 0 bridgehead atoms. The Balaban J connectivity index is 2.55. The number of rotatable bonds is 6. The second kappa shape index (κ2) is 10.4. The highest BCUT2D eigenvalue weighted by atomic mass is 32.2. The van der Waals surface area contributed by atoms with Gasteiger partial charge in [0.2, 0.25) is 0 Å². The van der Waals surface area contributed by atoms with Crippen molar-refractivity contribution < 1.29 is 5.11 Å². The molecule has 0 saturated heterocycles. The van der Waals surface area contributed by atoms with Crippen molar-refractivity contribution >= 4 is 16.9 Å². The fourth-order valence-electron chi connectivity index (χ4n) is 3.58. The maximum absolute atomic E-state index is 11.1. The highest BCUT2D eigenvalue weighted by Crippen LogP contribution is 2.40. The Hall–Kier alpha value is -2.20. The van der Waals surface area contributed by atoms with E-state index in [2.05, 4.69) is 95.7 Å². The minimum Gasteiger partial charge on any atom is -0.507 e. The summed E-state index contributed by atoms with van der Waals surface area (Å²) in [6.45, 7) is 18.8. The summed E-state index contributed by atoms with van der Waals surface area (Å²) < 4.78 is 0. The zero-order valence-electron chi connectivity index (χ0n) is 20.2. The maximum atomic E-state index is 11.1. The normalized spacial score (nSPS) is 12.7. The first kappa shape index (κ1) is 25.1. The van der Waals surface area contributed by atoms with Gasteiger partial charge in [0.25, 0.3) is 0 Å². The van der Waals surface area contributed by atoms with Gasteiger partial charge in [0.05, 0.1) is 6.54 Å². The van der Waals surface area contributed by atoms with Crippen LogP contribution in [0, 0.1) is 0 Å². The van der Waals surface area contributed by atoms with Crippen LogP contribution in [0.4, 0.5) is 0 Å². The fraction of sp³-hybridized carbons (Fsp3) is 0.444. The molecule has 0 aromatic heterocycles. The Morgan fingerprint density at radius 3 is 1.94 bits per heavy atom. The van der Waals surface area contributed by atoms with E-state index in [1.807, 2.05) is 12.1 Å². The molecule has 0 fully saturated rings. The summed E-state index contributed by atoms with van der Waals surface area (Å²) >= 11 is 1.66. The molecule has 0 aliphatic heterocycles. The van der Waals surface area contributed by atoms with Crippen molar-refractivity contribution in [3.63, 3.8) is 0 Å². The van der Waals surface area contributed by atoms with Crippen molar-refractivity contribution in [2.45, 2.75) is 65.5 Å². The molecule has 2 rings (SSSR count). The van der Waals surface area contributed by atoms with E-state index in [-0.39, 0.29) is 10.8 Å². The van der Waals surface area contributed by atoms with Gasteiger partial charge in [0.1, 0.15) is 5.75 Å². The molecule has 0 radical (unpaired) electrons. The molecule has 0 unspecified atom stereocenters. The van der Waals surface area contributed by atoms with Crippen molar-refractivity contribution in [3.05, 3.63) is 77.4 Å². The molecule has 2 aromatic carbocycles. The number of phenols is 1. The number of benzene rings is 2. The van der Waals surface area contributed by atoms with Crippen LogP contribution in [-0.2, 0) is 23.9 Å². The van der Waals surface area contributed by atoms with E-state index in [4.69, 9.17) is 4.99 Å². The zero-order chi connectivity index (χ0) is 23.2. The van der Waals surface area contributed by atoms with Crippen molar-refractivity contribution in [1.82, 2.24) is 4.90 Å². The molecule has 0 spiro atoms. The summed E-state index contributed by atoms with van der Waals surface area (Å²) in [6.07, 6.45) is 3.89. The van der Waals surface area contributed by atoms with Crippen LogP contribution in [0.25, 0.3) is 0 Å². The van der Waals surface area contributed by atoms with Crippen molar-refractivity contribution in [2.75, 3.05) is 12.8 Å². The Morgan fingerprint density at radius 1 is 0.968 bits per heavy atom. The van der Waals surface area contributed by atoms with Crippen LogP contribution >= 0.6 is 11.8 Å². The largest absolute Gasteiger partial charge is 0.507 e. The van der Waals surface area contributed by atoms with E-state index in [9.17, 15) is 5.11 Å². The van der Waals surface area contributed by atoms with Crippen LogP contribution in [0.15, 0.2) is 60.1 Å².